The highest BCUT2D eigenvalue weighted by Crippen LogP contribution is 2.48. The molecule has 5 amide bonds. The van der Waals surface area contributed by atoms with Crippen LogP contribution in [0.1, 0.15) is 44.9 Å². The molecule has 6 fully saturated rings. The van der Waals surface area contributed by atoms with Gasteiger partial charge in [-0.1, -0.05) is 0 Å². The number of aromatic nitrogens is 1. The molecule has 0 unspecified atom stereocenters. The van der Waals surface area contributed by atoms with E-state index in [-0.39, 0.29) is 17.8 Å². The molecule has 358 valence electrons. The van der Waals surface area contributed by atoms with Crippen LogP contribution in [-0.4, -0.2) is 117 Å². The van der Waals surface area contributed by atoms with Gasteiger partial charge in [-0.2, -0.15) is 0 Å². The van der Waals surface area contributed by atoms with Gasteiger partial charge in [-0.05, 0) is 148 Å². The molecule has 5 aliphatic heterocycles. The number of halogens is 1. The number of nitrogens with one attached hydrogen (secondary N) is 3. The second-order valence-electron chi connectivity index (χ2n) is 19.7. The van der Waals surface area contributed by atoms with Crippen molar-refractivity contribution in [3.63, 3.8) is 0 Å². The van der Waals surface area contributed by atoms with Crippen molar-refractivity contribution in [2.75, 3.05) is 91.3 Å². The van der Waals surface area contributed by atoms with Gasteiger partial charge in [0.25, 0.3) is 0 Å². The molecule has 3 N–H and O–H groups in total. The molecule has 6 aliphatic rings. The lowest BCUT2D eigenvalue weighted by atomic mass is 9.94. The number of likely N-dealkylation sites (tertiary alicyclic amines) is 2. The molecule has 1 aliphatic carbocycles. The number of ether oxygens (including phenoxy) is 2. The Kier molecular flexibility index (Phi) is 12.1. The largest absolute Gasteiger partial charge is 0.495 e. The van der Waals surface area contributed by atoms with Crippen LogP contribution in [0.2, 0.25) is 0 Å². The van der Waals surface area contributed by atoms with E-state index < -0.39 is 17.1 Å². The summed E-state index contributed by atoms with van der Waals surface area (Å²) in [7, 11) is 1.71. The van der Waals surface area contributed by atoms with Crippen LogP contribution in [-0.2, 0) is 14.4 Å². The van der Waals surface area contributed by atoms with E-state index in [1.165, 1.54) is 69.0 Å². The van der Waals surface area contributed by atoms with Gasteiger partial charge >= 0.3 is 6.03 Å². The van der Waals surface area contributed by atoms with Crippen molar-refractivity contribution >= 4 is 63.1 Å². The highest BCUT2D eigenvalue weighted by molar-refractivity contribution is 6.17. The van der Waals surface area contributed by atoms with Crippen molar-refractivity contribution in [2.24, 2.45) is 17.3 Å². The first-order chi connectivity index (χ1) is 33.6. The number of amides is 5. The fraction of sp³-hybridized carbons (Fsp3) is 0.415. The number of methoxy groups -OCH3 is 1. The highest BCUT2D eigenvalue weighted by Gasteiger charge is 2.56. The summed E-state index contributed by atoms with van der Waals surface area (Å²) in [5.41, 5.74) is 3.68. The molecule has 16 heteroatoms. The number of pyridine rings is 1. The molecule has 0 spiro atoms. The third-order valence-corrected chi connectivity index (χ3v) is 15.3. The van der Waals surface area contributed by atoms with Crippen LogP contribution in [0.15, 0.2) is 97.2 Å². The Balaban J connectivity index is 0.627. The average Bonchev–Trinajstić information content (AvgIpc) is 3.95. The van der Waals surface area contributed by atoms with Crippen LogP contribution < -0.4 is 40.1 Å². The fourth-order valence-electron chi connectivity index (χ4n) is 11.1. The van der Waals surface area contributed by atoms with Crippen molar-refractivity contribution < 1.29 is 33.0 Å². The van der Waals surface area contributed by atoms with Crippen LogP contribution in [0.25, 0.3) is 10.9 Å². The van der Waals surface area contributed by atoms with Crippen molar-refractivity contribution in [2.45, 2.75) is 57.0 Å². The van der Waals surface area contributed by atoms with Crippen molar-refractivity contribution in [3.05, 3.63) is 103 Å². The molecular formula is C53H58FN9O6. The zero-order chi connectivity index (χ0) is 47.2. The zero-order valence-electron chi connectivity index (χ0n) is 38.9. The summed E-state index contributed by atoms with van der Waals surface area (Å²) in [6.45, 7) is 9.16. The summed E-state index contributed by atoms with van der Waals surface area (Å²) in [4.78, 5) is 66.8. The van der Waals surface area contributed by atoms with E-state index in [2.05, 4.69) is 53.7 Å². The van der Waals surface area contributed by atoms with Crippen molar-refractivity contribution in [1.82, 2.24) is 20.1 Å². The first-order valence-corrected chi connectivity index (χ1v) is 24.4. The van der Waals surface area contributed by atoms with E-state index in [9.17, 15) is 23.6 Å². The van der Waals surface area contributed by atoms with Gasteiger partial charge in [0.1, 0.15) is 28.5 Å². The second kappa shape index (κ2) is 18.6. The quantitative estimate of drug-likeness (QED) is 0.0897. The Morgan fingerprint density at radius 1 is 0.768 bits per heavy atom. The van der Waals surface area contributed by atoms with Gasteiger partial charge < -0.3 is 29.9 Å². The van der Waals surface area contributed by atoms with Gasteiger partial charge in [0.15, 0.2) is 0 Å². The zero-order valence-corrected chi connectivity index (χ0v) is 38.9. The van der Waals surface area contributed by atoms with Gasteiger partial charge in [-0.3, -0.25) is 39.4 Å². The minimum Gasteiger partial charge on any atom is -0.495 e. The number of rotatable bonds is 15. The molecule has 1 aromatic heterocycles. The molecular weight excluding hydrogens is 878 g/mol. The Morgan fingerprint density at radius 2 is 1.43 bits per heavy atom. The first-order valence-electron chi connectivity index (χ1n) is 24.4. The van der Waals surface area contributed by atoms with Gasteiger partial charge in [0.2, 0.25) is 17.7 Å². The second-order valence-corrected chi connectivity index (χ2v) is 19.7. The van der Waals surface area contributed by atoms with Crippen LogP contribution in [0.4, 0.5) is 37.6 Å². The van der Waals surface area contributed by atoms with E-state index in [0.29, 0.717) is 72.6 Å². The number of hydrogen-bond donors (Lipinski definition) is 3. The highest BCUT2D eigenvalue weighted by atomic mass is 19.1. The molecule has 0 radical (unpaired) electrons. The maximum absolute atomic E-state index is 13.3. The lowest BCUT2D eigenvalue weighted by Crippen LogP contribution is -2.51. The van der Waals surface area contributed by atoms with Crippen molar-refractivity contribution in [1.29, 1.82) is 0 Å². The average molecular weight is 936 g/mol. The van der Waals surface area contributed by atoms with E-state index in [1.54, 1.807) is 42.5 Å². The molecule has 4 aromatic carbocycles. The third kappa shape index (κ3) is 9.27. The smallest absolute Gasteiger partial charge is 0.328 e. The van der Waals surface area contributed by atoms with Crippen LogP contribution in [0, 0.1) is 23.1 Å². The maximum Gasteiger partial charge on any atom is 0.328 e. The topological polar surface area (TPSA) is 152 Å². The third-order valence-electron chi connectivity index (χ3n) is 15.3. The number of piperazine rings is 1. The molecule has 69 heavy (non-hydrogen) atoms. The fourth-order valence-corrected chi connectivity index (χ4v) is 11.1. The van der Waals surface area contributed by atoms with Crippen LogP contribution in [0.3, 0.4) is 0 Å². The molecule has 15 nitrogen and oxygen atoms in total. The minimum absolute atomic E-state index is 0.217. The van der Waals surface area contributed by atoms with E-state index in [4.69, 9.17) is 14.5 Å². The predicted octanol–water partition coefficient (Wildman–Crippen LogP) is 7.48. The summed E-state index contributed by atoms with van der Waals surface area (Å²) < 4.78 is 25.7. The molecule has 2 bridgehead atoms. The van der Waals surface area contributed by atoms with Crippen LogP contribution in [0.5, 0.6) is 17.2 Å². The Labute approximate surface area is 400 Å². The summed E-state index contributed by atoms with van der Waals surface area (Å²) in [5.74, 6) is 1.95. The van der Waals surface area contributed by atoms with Gasteiger partial charge in [-0.15, -0.1) is 0 Å². The summed E-state index contributed by atoms with van der Waals surface area (Å²) >= 11 is 0. The molecule has 6 heterocycles. The van der Waals surface area contributed by atoms with E-state index in [1.807, 2.05) is 24.3 Å². The summed E-state index contributed by atoms with van der Waals surface area (Å²) in [6.07, 6.45) is 7.72. The SMILES string of the molecule is COc1cc2c(Oc3ccc(NC(=O)C4(C(=O)Nc5ccc(F)cc5)CC4)cc3)ccnc2cc1N1CCC(CN2C[C@@H]3C[C@H]2CN3CCC2CN(c3ccc(N4CCC(=O)NC4=O)cc3)C2)CC1. The predicted molar refractivity (Wildman–Crippen MR) is 263 cm³/mol. The molecule has 5 saturated heterocycles. The van der Waals surface area contributed by atoms with E-state index in [0.717, 1.165) is 67.0 Å². The number of piperidine rings is 1. The minimum atomic E-state index is -1.16. The van der Waals surface area contributed by atoms with Crippen molar-refractivity contribution in [3.8, 4) is 17.2 Å². The molecule has 5 aromatic rings. The molecule has 2 atom stereocenters. The number of carbonyl (C=O) groups excluding carboxylic acids is 4. The molecule has 1 saturated carbocycles. The number of urea groups is 1. The number of fused-ring (bicyclic) bond motifs is 3. The van der Waals surface area contributed by atoms with Crippen LogP contribution >= 0.6 is 0 Å². The number of hydrogen-bond acceptors (Lipinski definition) is 11. The number of anilines is 5. The monoisotopic (exact) mass is 935 g/mol. The standard InChI is InChI=1S/C53H58FN9O6/c1-68-48-27-44-45(55-21-14-47(44)69-43-12-6-38(7-13-43)57-51(66)53(19-20-53)50(65)56-37-4-2-36(54)3-5-37)28-46(48)59-22-15-34(16-23-59)29-62-33-41-26-42(62)32-60(41)24-17-35-30-61(31-35)39-8-10-40(11-9-39)63-25-18-49(64)58-52(63)67/h2-14,21,27-28,34-35,41-42H,15-20,22-26,29-33H2,1H3,(H,56,65)(H,57,66)(H,58,64,67)/t41-,42-/m0/s1. The van der Waals surface area contributed by atoms with Gasteiger partial charge in [0, 0.05) is 105 Å². The number of nitrogens with zero attached hydrogens (tertiary/aromatic N) is 6. The summed E-state index contributed by atoms with van der Waals surface area (Å²) in [6, 6.07) is 27.6. The Morgan fingerprint density at radius 3 is 2.09 bits per heavy atom. The Bertz CT molecular complexity index is 2740. The summed E-state index contributed by atoms with van der Waals surface area (Å²) in [5, 5.41) is 8.85. The molecule has 11 rings (SSSR count). The van der Waals surface area contributed by atoms with E-state index >= 15 is 0 Å². The lowest BCUT2D eigenvalue weighted by Gasteiger charge is -2.43. The van der Waals surface area contributed by atoms with Gasteiger partial charge in [0.05, 0.1) is 18.3 Å². The van der Waals surface area contributed by atoms with Gasteiger partial charge in [-0.25, -0.2) is 9.18 Å². The number of benzene rings is 4. The Hall–Kier alpha value is -6.78. The first kappa shape index (κ1) is 44.7. The number of imide groups is 1. The normalized spacial score (nSPS) is 21.6. The number of carbonyl (C=O) groups is 4. The lowest BCUT2D eigenvalue weighted by molar-refractivity contribution is -0.131. The maximum atomic E-state index is 13.3.